The van der Waals surface area contributed by atoms with Gasteiger partial charge in [0, 0.05) is 56.4 Å². The Labute approximate surface area is 163 Å². The number of hydrogen-bond donors (Lipinski definition) is 1. The van der Waals surface area contributed by atoms with Crippen molar-refractivity contribution in [3.63, 3.8) is 0 Å². The number of piperazine rings is 1. The topological polar surface area (TPSA) is 61.6 Å². The van der Waals surface area contributed by atoms with Gasteiger partial charge >= 0.3 is 5.63 Å². The average molecular weight is 376 g/mol. The van der Waals surface area contributed by atoms with Crippen molar-refractivity contribution in [2.45, 2.75) is 12.8 Å². The molecular formula is C22H24N4O2. The van der Waals surface area contributed by atoms with Crippen LogP contribution in [-0.4, -0.2) is 44.3 Å². The lowest BCUT2D eigenvalue weighted by Gasteiger charge is -2.29. The molecule has 28 heavy (non-hydrogen) atoms. The van der Waals surface area contributed by atoms with Gasteiger partial charge in [-0.3, -0.25) is 0 Å². The molecule has 1 N–H and O–H groups in total. The number of benzene rings is 1. The maximum absolute atomic E-state index is 12.7. The molecule has 6 heteroatoms. The van der Waals surface area contributed by atoms with E-state index in [4.69, 9.17) is 9.40 Å². The minimum Gasteiger partial charge on any atom is -0.422 e. The summed E-state index contributed by atoms with van der Waals surface area (Å²) < 4.78 is 5.69. The van der Waals surface area contributed by atoms with Crippen molar-refractivity contribution in [1.82, 2.24) is 10.3 Å². The van der Waals surface area contributed by atoms with Gasteiger partial charge in [-0.05, 0) is 43.2 Å². The quantitative estimate of drug-likeness (QED) is 0.710. The number of pyridine rings is 1. The van der Waals surface area contributed by atoms with Crippen LogP contribution in [0.15, 0.2) is 51.7 Å². The Morgan fingerprint density at radius 3 is 2.57 bits per heavy atom. The Hall–Kier alpha value is -2.86. The number of nitrogens with one attached hydrogen (secondary N) is 1. The fourth-order valence-electron chi connectivity index (χ4n) is 4.09. The molecule has 0 saturated carbocycles. The van der Waals surface area contributed by atoms with Crippen LogP contribution in [0.25, 0.3) is 22.2 Å². The summed E-state index contributed by atoms with van der Waals surface area (Å²) in [6.07, 6.45) is 2.39. The predicted molar refractivity (Wildman–Crippen MR) is 112 cm³/mol. The van der Waals surface area contributed by atoms with Crippen molar-refractivity contribution in [1.29, 1.82) is 0 Å². The molecule has 3 aromatic rings. The summed E-state index contributed by atoms with van der Waals surface area (Å²) in [5.74, 6) is 0.934. The molecule has 0 atom stereocenters. The highest BCUT2D eigenvalue weighted by Crippen LogP contribution is 2.26. The van der Waals surface area contributed by atoms with Crippen molar-refractivity contribution < 1.29 is 4.42 Å². The van der Waals surface area contributed by atoms with E-state index in [-0.39, 0.29) is 5.63 Å². The maximum Gasteiger partial charge on any atom is 0.345 e. The van der Waals surface area contributed by atoms with Gasteiger partial charge in [-0.25, -0.2) is 9.78 Å². The first kappa shape index (κ1) is 17.3. The molecule has 0 spiro atoms. The average Bonchev–Trinajstić information content (AvgIpc) is 3.29. The zero-order valence-corrected chi connectivity index (χ0v) is 15.9. The minimum absolute atomic E-state index is 0.337. The molecule has 5 rings (SSSR count). The number of hydrogen-bond acceptors (Lipinski definition) is 6. The molecule has 0 bridgehead atoms. The van der Waals surface area contributed by atoms with E-state index < -0.39 is 0 Å². The third kappa shape index (κ3) is 3.24. The van der Waals surface area contributed by atoms with Crippen molar-refractivity contribution in [3.8, 4) is 11.3 Å². The van der Waals surface area contributed by atoms with E-state index >= 15 is 0 Å². The van der Waals surface area contributed by atoms with Gasteiger partial charge in [0.05, 0.1) is 11.3 Å². The SMILES string of the molecule is O=c1oc2cc(N3CCNCC3)ccc2cc1-c1cccc(N2CCCC2)n1. The van der Waals surface area contributed by atoms with Crippen LogP contribution >= 0.6 is 0 Å². The molecular weight excluding hydrogens is 352 g/mol. The van der Waals surface area contributed by atoms with E-state index in [9.17, 15) is 4.79 Å². The van der Waals surface area contributed by atoms with E-state index in [0.29, 0.717) is 16.8 Å². The second-order valence-corrected chi connectivity index (χ2v) is 7.48. The van der Waals surface area contributed by atoms with E-state index in [1.54, 1.807) is 0 Å². The summed E-state index contributed by atoms with van der Waals surface area (Å²) in [4.78, 5) is 22.0. The molecule has 2 aliphatic rings. The van der Waals surface area contributed by atoms with Crippen LogP contribution in [-0.2, 0) is 0 Å². The second kappa shape index (κ2) is 7.28. The Bertz CT molecular complexity index is 1050. The van der Waals surface area contributed by atoms with Crippen LogP contribution in [0.4, 0.5) is 11.5 Å². The highest BCUT2D eigenvalue weighted by Gasteiger charge is 2.16. The van der Waals surface area contributed by atoms with Crippen molar-refractivity contribution in [3.05, 3.63) is 52.9 Å². The minimum atomic E-state index is -0.337. The Morgan fingerprint density at radius 2 is 1.75 bits per heavy atom. The first-order valence-corrected chi connectivity index (χ1v) is 10.0. The molecule has 2 aromatic heterocycles. The summed E-state index contributed by atoms with van der Waals surface area (Å²) in [6, 6.07) is 13.9. The lowest BCUT2D eigenvalue weighted by Crippen LogP contribution is -2.43. The molecule has 0 unspecified atom stereocenters. The molecule has 4 heterocycles. The lowest BCUT2D eigenvalue weighted by molar-refractivity contribution is 0.561. The Kier molecular flexibility index (Phi) is 4.49. The summed E-state index contributed by atoms with van der Waals surface area (Å²) >= 11 is 0. The van der Waals surface area contributed by atoms with Crippen LogP contribution in [0.3, 0.4) is 0 Å². The molecule has 0 aliphatic carbocycles. The Balaban J connectivity index is 1.51. The largest absolute Gasteiger partial charge is 0.422 e. The fourth-order valence-corrected chi connectivity index (χ4v) is 4.09. The van der Waals surface area contributed by atoms with Crippen molar-refractivity contribution >= 4 is 22.5 Å². The summed E-state index contributed by atoms with van der Waals surface area (Å²) in [5, 5.41) is 4.27. The highest BCUT2D eigenvalue weighted by atomic mass is 16.4. The molecule has 0 radical (unpaired) electrons. The molecule has 0 amide bonds. The van der Waals surface area contributed by atoms with Crippen LogP contribution < -0.4 is 20.7 Å². The third-order valence-corrected chi connectivity index (χ3v) is 5.64. The zero-order valence-electron chi connectivity index (χ0n) is 15.9. The van der Waals surface area contributed by atoms with Crippen LogP contribution in [0.2, 0.25) is 0 Å². The van der Waals surface area contributed by atoms with Gasteiger partial charge in [0.15, 0.2) is 0 Å². The number of anilines is 2. The van der Waals surface area contributed by atoms with Crippen LogP contribution in [0, 0.1) is 0 Å². The summed E-state index contributed by atoms with van der Waals surface area (Å²) in [7, 11) is 0. The monoisotopic (exact) mass is 376 g/mol. The van der Waals surface area contributed by atoms with Gasteiger partial charge in [0.1, 0.15) is 11.4 Å². The smallest absolute Gasteiger partial charge is 0.345 e. The van der Waals surface area contributed by atoms with Gasteiger partial charge in [-0.15, -0.1) is 0 Å². The van der Waals surface area contributed by atoms with Gasteiger partial charge in [0.25, 0.3) is 0 Å². The van der Waals surface area contributed by atoms with Crippen molar-refractivity contribution in [2.24, 2.45) is 0 Å². The van der Waals surface area contributed by atoms with Gasteiger partial charge in [0.2, 0.25) is 0 Å². The van der Waals surface area contributed by atoms with E-state index in [2.05, 4.69) is 21.2 Å². The number of fused-ring (bicyclic) bond motifs is 1. The van der Waals surface area contributed by atoms with Crippen LogP contribution in [0.5, 0.6) is 0 Å². The van der Waals surface area contributed by atoms with Gasteiger partial charge in [-0.2, -0.15) is 0 Å². The lowest BCUT2D eigenvalue weighted by atomic mass is 10.1. The predicted octanol–water partition coefficient (Wildman–Crippen LogP) is 2.86. The highest BCUT2D eigenvalue weighted by molar-refractivity contribution is 5.84. The van der Waals surface area contributed by atoms with Gasteiger partial charge < -0.3 is 19.5 Å². The Morgan fingerprint density at radius 1 is 0.929 bits per heavy atom. The molecule has 2 fully saturated rings. The number of nitrogens with zero attached hydrogens (tertiary/aromatic N) is 3. The normalized spacial score (nSPS) is 17.4. The van der Waals surface area contributed by atoms with E-state index in [1.807, 2.05) is 36.4 Å². The zero-order chi connectivity index (χ0) is 18.9. The van der Waals surface area contributed by atoms with E-state index in [0.717, 1.165) is 56.2 Å². The van der Waals surface area contributed by atoms with Gasteiger partial charge in [-0.1, -0.05) is 6.07 Å². The second-order valence-electron chi connectivity index (χ2n) is 7.48. The molecule has 2 saturated heterocycles. The summed E-state index contributed by atoms with van der Waals surface area (Å²) in [6.45, 7) is 5.91. The standard InChI is InChI=1S/C22H24N4O2/c27-22-18(19-4-3-5-21(24-19)26-10-1-2-11-26)14-16-6-7-17(15-20(16)28-22)25-12-8-23-9-13-25/h3-7,14-15,23H,1-2,8-13H2. The molecule has 2 aliphatic heterocycles. The summed E-state index contributed by atoms with van der Waals surface area (Å²) in [5.41, 5.74) is 2.57. The first-order valence-electron chi connectivity index (χ1n) is 10.0. The molecule has 144 valence electrons. The molecule has 6 nitrogen and oxygen atoms in total. The molecule has 1 aromatic carbocycles. The fraction of sp³-hybridized carbons (Fsp3) is 0.364. The third-order valence-electron chi connectivity index (χ3n) is 5.64. The maximum atomic E-state index is 12.7. The number of aromatic nitrogens is 1. The first-order chi connectivity index (χ1) is 13.8. The van der Waals surface area contributed by atoms with E-state index in [1.165, 1.54) is 12.8 Å². The van der Waals surface area contributed by atoms with Crippen molar-refractivity contribution in [2.75, 3.05) is 49.1 Å². The van der Waals surface area contributed by atoms with Crippen LogP contribution in [0.1, 0.15) is 12.8 Å². The number of rotatable bonds is 3.